The van der Waals surface area contributed by atoms with Crippen LogP contribution in [0.15, 0.2) is 53.6 Å². The van der Waals surface area contributed by atoms with Crippen LogP contribution in [-0.2, 0) is 4.79 Å². The number of likely N-dealkylation sites (N-methyl/N-ethyl adjacent to an activating group) is 1. The van der Waals surface area contributed by atoms with Crippen LogP contribution in [0.3, 0.4) is 0 Å². The van der Waals surface area contributed by atoms with Crippen molar-refractivity contribution in [2.45, 2.75) is 19.4 Å². The van der Waals surface area contributed by atoms with Gasteiger partial charge in [0, 0.05) is 20.0 Å². The Morgan fingerprint density at radius 3 is 2.47 bits per heavy atom. The minimum atomic E-state index is -0.333. The molecule has 0 fully saturated rings. The number of carbonyl (C=O) groups is 2. The standard InChI is InChI=1S/C22H25FN4O3/c1-4-24-22(29)26(2)14-21(28)27-20(16-7-11-18(30-3)12-8-16)13-19(25-27)15-5-9-17(23)10-6-15/h5-12,20H,4,13-14H2,1-3H3,(H,24,29). The van der Waals surface area contributed by atoms with Gasteiger partial charge >= 0.3 is 6.03 Å². The van der Waals surface area contributed by atoms with E-state index in [1.165, 1.54) is 22.0 Å². The van der Waals surface area contributed by atoms with Crippen LogP contribution in [-0.4, -0.2) is 54.8 Å². The molecule has 0 aliphatic carbocycles. The van der Waals surface area contributed by atoms with Gasteiger partial charge in [-0.25, -0.2) is 14.2 Å². The zero-order chi connectivity index (χ0) is 21.7. The molecule has 0 spiro atoms. The number of rotatable bonds is 6. The van der Waals surface area contributed by atoms with Gasteiger partial charge in [-0.3, -0.25) is 4.79 Å². The number of methoxy groups -OCH3 is 1. The van der Waals surface area contributed by atoms with E-state index >= 15 is 0 Å². The molecule has 0 bridgehead atoms. The number of ether oxygens (including phenoxy) is 1. The Hall–Kier alpha value is -3.42. The molecule has 0 saturated heterocycles. The number of hydrogen-bond donors (Lipinski definition) is 1. The summed E-state index contributed by atoms with van der Waals surface area (Å²) < 4.78 is 18.5. The van der Waals surface area contributed by atoms with Gasteiger partial charge < -0.3 is 15.0 Å². The van der Waals surface area contributed by atoms with Crippen LogP contribution in [0.25, 0.3) is 0 Å². The number of hydrogen-bond acceptors (Lipinski definition) is 4. The van der Waals surface area contributed by atoms with Crippen molar-refractivity contribution in [3.05, 3.63) is 65.5 Å². The van der Waals surface area contributed by atoms with E-state index in [2.05, 4.69) is 10.4 Å². The van der Waals surface area contributed by atoms with Crippen LogP contribution in [0.5, 0.6) is 5.75 Å². The number of halogens is 1. The van der Waals surface area contributed by atoms with Crippen molar-refractivity contribution in [2.75, 3.05) is 27.2 Å². The van der Waals surface area contributed by atoms with E-state index in [0.29, 0.717) is 24.4 Å². The topological polar surface area (TPSA) is 74.2 Å². The summed E-state index contributed by atoms with van der Waals surface area (Å²) in [6.45, 7) is 2.17. The van der Waals surface area contributed by atoms with Crippen molar-refractivity contribution >= 4 is 17.6 Å². The molecule has 1 aliphatic rings. The molecule has 0 radical (unpaired) electrons. The molecule has 30 heavy (non-hydrogen) atoms. The second-order valence-corrected chi connectivity index (χ2v) is 6.98. The van der Waals surface area contributed by atoms with Crippen LogP contribution < -0.4 is 10.1 Å². The molecule has 2 aromatic rings. The number of nitrogens with one attached hydrogen (secondary N) is 1. The fourth-order valence-corrected chi connectivity index (χ4v) is 3.28. The van der Waals surface area contributed by atoms with E-state index in [1.807, 2.05) is 31.2 Å². The Kier molecular flexibility index (Phi) is 6.66. The number of hydrazone groups is 1. The maximum absolute atomic E-state index is 13.3. The Balaban J connectivity index is 1.87. The van der Waals surface area contributed by atoms with Gasteiger partial charge in [-0.2, -0.15) is 5.10 Å². The van der Waals surface area contributed by atoms with Gasteiger partial charge in [-0.05, 0) is 42.3 Å². The molecule has 3 amide bonds. The van der Waals surface area contributed by atoms with Gasteiger partial charge in [0.1, 0.15) is 18.1 Å². The molecule has 1 atom stereocenters. The molecule has 7 nitrogen and oxygen atoms in total. The first kappa shape index (κ1) is 21.3. The third kappa shape index (κ3) is 4.76. The van der Waals surface area contributed by atoms with Crippen molar-refractivity contribution in [3.63, 3.8) is 0 Å². The van der Waals surface area contributed by atoms with Gasteiger partial charge in [0.2, 0.25) is 0 Å². The molecule has 0 saturated carbocycles. The summed E-state index contributed by atoms with van der Waals surface area (Å²) in [4.78, 5) is 26.3. The SMILES string of the molecule is CCNC(=O)N(C)CC(=O)N1N=C(c2ccc(F)cc2)CC1c1ccc(OC)cc1. The molecule has 2 aromatic carbocycles. The lowest BCUT2D eigenvalue weighted by atomic mass is 9.98. The molecule has 0 aromatic heterocycles. The Bertz CT molecular complexity index is 928. The Morgan fingerprint density at radius 2 is 1.87 bits per heavy atom. The predicted octanol–water partition coefficient (Wildman–Crippen LogP) is 3.17. The monoisotopic (exact) mass is 412 g/mol. The van der Waals surface area contributed by atoms with Gasteiger partial charge in [-0.15, -0.1) is 0 Å². The first-order valence-electron chi connectivity index (χ1n) is 9.71. The van der Waals surface area contributed by atoms with Crippen molar-refractivity contribution in [3.8, 4) is 5.75 Å². The van der Waals surface area contributed by atoms with Crippen LogP contribution in [0.2, 0.25) is 0 Å². The summed E-state index contributed by atoms with van der Waals surface area (Å²) in [7, 11) is 3.15. The minimum Gasteiger partial charge on any atom is -0.497 e. The van der Waals surface area contributed by atoms with Gasteiger partial charge in [-0.1, -0.05) is 24.3 Å². The summed E-state index contributed by atoms with van der Waals surface area (Å²) >= 11 is 0. The maximum atomic E-state index is 13.3. The van der Waals surface area contributed by atoms with Crippen molar-refractivity contribution in [1.82, 2.24) is 15.2 Å². The fraction of sp³-hybridized carbons (Fsp3) is 0.318. The van der Waals surface area contributed by atoms with E-state index in [1.54, 1.807) is 26.3 Å². The molecule has 1 N–H and O–H groups in total. The average molecular weight is 412 g/mol. The van der Waals surface area contributed by atoms with Crippen molar-refractivity contribution in [1.29, 1.82) is 0 Å². The normalized spacial score (nSPS) is 15.5. The summed E-state index contributed by atoms with van der Waals surface area (Å²) in [5.41, 5.74) is 2.33. The maximum Gasteiger partial charge on any atom is 0.317 e. The fourth-order valence-electron chi connectivity index (χ4n) is 3.28. The van der Waals surface area contributed by atoms with Crippen LogP contribution in [0, 0.1) is 5.82 Å². The molecular weight excluding hydrogens is 387 g/mol. The lowest BCUT2D eigenvalue weighted by molar-refractivity contribution is -0.133. The van der Waals surface area contributed by atoms with Gasteiger partial charge in [0.25, 0.3) is 5.91 Å². The van der Waals surface area contributed by atoms with E-state index in [0.717, 1.165) is 11.1 Å². The number of benzene rings is 2. The summed E-state index contributed by atoms with van der Waals surface area (Å²) in [6.07, 6.45) is 0.481. The smallest absolute Gasteiger partial charge is 0.317 e. The lowest BCUT2D eigenvalue weighted by Crippen LogP contribution is -2.43. The third-order valence-electron chi connectivity index (χ3n) is 4.89. The third-order valence-corrected chi connectivity index (χ3v) is 4.89. The molecule has 1 aliphatic heterocycles. The Labute approximate surface area is 175 Å². The van der Waals surface area contributed by atoms with Gasteiger partial charge in [0.05, 0.1) is 18.9 Å². The highest BCUT2D eigenvalue weighted by atomic mass is 19.1. The van der Waals surface area contributed by atoms with E-state index in [-0.39, 0.29) is 30.3 Å². The highest BCUT2D eigenvalue weighted by Crippen LogP contribution is 2.33. The highest BCUT2D eigenvalue weighted by molar-refractivity contribution is 6.03. The largest absolute Gasteiger partial charge is 0.497 e. The second-order valence-electron chi connectivity index (χ2n) is 6.98. The van der Waals surface area contributed by atoms with E-state index in [4.69, 9.17) is 4.74 Å². The molecule has 158 valence electrons. The van der Waals surface area contributed by atoms with Crippen LogP contribution in [0.4, 0.5) is 9.18 Å². The van der Waals surface area contributed by atoms with Crippen LogP contribution in [0.1, 0.15) is 30.5 Å². The summed E-state index contributed by atoms with van der Waals surface area (Å²) in [5, 5.41) is 8.62. The quantitative estimate of drug-likeness (QED) is 0.792. The van der Waals surface area contributed by atoms with E-state index < -0.39 is 0 Å². The number of nitrogens with zero attached hydrogens (tertiary/aromatic N) is 3. The second kappa shape index (κ2) is 9.39. The van der Waals surface area contributed by atoms with Gasteiger partial charge in [0.15, 0.2) is 0 Å². The lowest BCUT2D eigenvalue weighted by Gasteiger charge is -2.25. The zero-order valence-corrected chi connectivity index (χ0v) is 17.3. The van der Waals surface area contributed by atoms with E-state index in [9.17, 15) is 14.0 Å². The minimum absolute atomic E-state index is 0.112. The average Bonchev–Trinajstić information content (AvgIpc) is 3.20. The summed E-state index contributed by atoms with van der Waals surface area (Å²) in [5.74, 6) is 0.0764. The van der Waals surface area contributed by atoms with Crippen molar-refractivity contribution < 1.29 is 18.7 Å². The zero-order valence-electron chi connectivity index (χ0n) is 17.3. The first-order chi connectivity index (χ1) is 14.4. The molecule has 8 heteroatoms. The first-order valence-corrected chi connectivity index (χ1v) is 9.71. The highest BCUT2D eigenvalue weighted by Gasteiger charge is 2.33. The van der Waals surface area contributed by atoms with Crippen LogP contribution >= 0.6 is 0 Å². The molecular formula is C22H25FN4O3. The number of carbonyl (C=O) groups excluding carboxylic acids is 2. The molecule has 3 rings (SSSR count). The predicted molar refractivity (Wildman–Crippen MR) is 112 cm³/mol. The van der Waals surface area contributed by atoms with Crippen molar-refractivity contribution in [2.24, 2.45) is 5.10 Å². The number of amides is 3. The number of urea groups is 1. The summed E-state index contributed by atoms with van der Waals surface area (Å²) in [6, 6.07) is 12.8. The Morgan fingerprint density at radius 1 is 1.20 bits per heavy atom. The molecule has 1 heterocycles. The molecule has 1 unspecified atom stereocenters.